The summed E-state index contributed by atoms with van der Waals surface area (Å²) in [5.41, 5.74) is 3.43. The molecule has 0 aliphatic heterocycles. The molecule has 3 nitrogen and oxygen atoms in total. The van der Waals surface area contributed by atoms with E-state index in [1.165, 1.54) is 16.5 Å². The van der Waals surface area contributed by atoms with Crippen molar-refractivity contribution in [2.24, 2.45) is 0 Å². The first kappa shape index (κ1) is 13.6. The molecule has 2 N–H and O–H groups in total. The molecule has 0 saturated carbocycles. The van der Waals surface area contributed by atoms with E-state index in [0.29, 0.717) is 0 Å². The molecule has 108 valence electrons. The fraction of sp³-hybridized carbons (Fsp3) is 0.222. The van der Waals surface area contributed by atoms with Gasteiger partial charge in [0.15, 0.2) is 0 Å². The van der Waals surface area contributed by atoms with E-state index in [1.807, 2.05) is 44.3 Å². The molecule has 0 amide bonds. The van der Waals surface area contributed by atoms with Crippen molar-refractivity contribution in [1.29, 1.82) is 0 Å². The minimum atomic E-state index is 0.170. The van der Waals surface area contributed by atoms with Crippen LogP contribution in [0.25, 0.3) is 10.9 Å². The predicted molar refractivity (Wildman–Crippen MR) is 87.8 cm³/mol. The quantitative estimate of drug-likeness (QED) is 0.718. The highest BCUT2D eigenvalue weighted by Gasteiger charge is 2.05. The van der Waals surface area contributed by atoms with Crippen molar-refractivity contribution in [2.75, 3.05) is 5.32 Å². The van der Waals surface area contributed by atoms with Crippen LogP contribution in [0, 0.1) is 0 Å². The van der Waals surface area contributed by atoms with Crippen LogP contribution in [0.2, 0.25) is 0 Å². The maximum absolute atomic E-state index is 5.82. The fourth-order valence-electron chi connectivity index (χ4n) is 2.37. The van der Waals surface area contributed by atoms with E-state index in [1.54, 1.807) is 0 Å². The van der Waals surface area contributed by atoms with Crippen molar-refractivity contribution in [3.8, 4) is 5.75 Å². The van der Waals surface area contributed by atoms with Gasteiger partial charge in [0, 0.05) is 18.3 Å². The van der Waals surface area contributed by atoms with E-state index < -0.39 is 0 Å². The van der Waals surface area contributed by atoms with Crippen LogP contribution in [0.5, 0.6) is 5.75 Å². The summed E-state index contributed by atoms with van der Waals surface area (Å²) < 4.78 is 5.82. The second-order valence-electron chi connectivity index (χ2n) is 5.42. The topological polar surface area (TPSA) is 37.0 Å². The van der Waals surface area contributed by atoms with Crippen LogP contribution < -0.4 is 10.1 Å². The summed E-state index contributed by atoms with van der Waals surface area (Å²) >= 11 is 0. The number of aromatic amines is 1. The van der Waals surface area contributed by atoms with E-state index in [0.717, 1.165) is 18.0 Å². The van der Waals surface area contributed by atoms with E-state index >= 15 is 0 Å². The molecule has 0 aliphatic rings. The molecule has 0 fully saturated rings. The molecular weight excluding hydrogens is 260 g/mol. The lowest BCUT2D eigenvalue weighted by Crippen LogP contribution is -2.08. The monoisotopic (exact) mass is 280 g/mol. The van der Waals surface area contributed by atoms with Crippen molar-refractivity contribution < 1.29 is 4.74 Å². The second-order valence-corrected chi connectivity index (χ2v) is 5.42. The van der Waals surface area contributed by atoms with Gasteiger partial charge in [-0.05, 0) is 49.1 Å². The Hall–Kier alpha value is -2.42. The molecule has 0 atom stereocenters. The maximum atomic E-state index is 5.82. The molecule has 0 radical (unpaired) electrons. The minimum absolute atomic E-state index is 0.170. The normalized spacial score (nSPS) is 11.0. The zero-order chi connectivity index (χ0) is 14.7. The molecule has 3 aromatic rings. The largest absolute Gasteiger partial charge is 0.489 e. The zero-order valence-corrected chi connectivity index (χ0v) is 12.4. The summed E-state index contributed by atoms with van der Waals surface area (Å²) in [6.07, 6.45) is 2.14. The first-order chi connectivity index (χ1) is 10.2. The lowest BCUT2D eigenvalue weighted by atomic mass is 10.1. The molecule has 2 aromatic carbocycles. The smallest absolute Gasteiger partial charge is 0.142 e. The van der Waals surface area contributed by atoms with Crippen molar-refractivity contribution in [3.63, 3.8) is 0 Å². The van der Waals surface area contributed by atoms with Gasteiger partial charge >= 0.3 is 0 Å². The summed E-state index contributed by atoms with van der Waals surface area (Å²) in [6.45, 7) is 4.85. The lowest BCUT2D eigenvalue weighted by molar-refractivity contribution is 0.243. The van der Waals surface area contributed by atoms with Crippen LogP contribution in [0.15, 0.2) is 54.7 Å². The molecule has 0 spiro atoms. The molecule has 0 saturated heterocycles. The van der Waals surface area contributed by atoms with E-state index in [2.05, 4.69) is 34.6 Å². The Morgan fingerprint density at radius 3 is 2.81 bits per heavy atom. The summed E-state index contributed by atoms with van der Waals surface area (Å²) in [6, 6.07) is 16.6. The van der Waals surface area contributed by atoms with E-state index in [4.69, 9.17) is 4.74 Å². The van der Waals surface area contributed by atoms with Gasteiger partial charge in [-0.25, -0.2) is 0 Å². The van der Waals surface area contributed by atoms with Crippen LogP contribution in [-0.4, -0.2) is 11.1 Å². The Balaban J connectivity index is 1.74. The molecule has 0 unspecified atom stereocenters. The van der Waals surface area contributed by atoms with Gasteiger partial charge in [0.2, 0.25) is 0 Å². The molecule has 1 aromatic heterocycles. The number of ether oxygens (including phenoxy) is 1. The molecule has 3 heteroatoms. The summed E-state index contributed by atoms with van der Waals surface area (Å²) in [5, 5.41) is 4.69. The molecule has 0 bridgehead atoms. The predicted octanol–water partition coefficient (Wildman–Crippen LogP) is 4.57. The molecule has 1 heterocycles. The Labute approximate surface area is 125 Å². The molecule has 21 heavy (non-hydrogen) atoms. The number of H-pyrrole nitrogens is 1. The van der Waals surface area contributed by atoms with Gasteiger partial charge in [0.1, 0.15) is 5.75 Å². The van der Waals surface area contributed by atoms with Crippen LogP contribution >= 0.6 is 0 Å². The third-order valence-corrected chi connectivity index (χ3v) is 3.35. The van der Waals surface area contributed by atoms with Crippen LogP contribution in [0.3, 0.4) is 0 Å². The Kier molecular flexibility index (Phi) is 3.82. The number of fused-ring (bicyclic) bond motifs is 1. The van der Waals surface area contributed by atoms with Crippen LogP contribution in [0.4, 0.5) is 5.69 Å². The zero-order valence-electron chi connectivity index (χ0n) is 12.4. The fourth-order valence-corrected chi connectivity index (χ4v) is 2.37. The average molecular weight is 280 g/mol. The number of rotatable bonds is 5. The third kappa shape index (κ3) is 3.19. The van der Waals surface area contributed by atoms with Gasteiger partial charge in [0.05, 0.1) is 11.8 Å². The summed E-state index contributed by atoms with van der Waals surface area (Å²) in [5.74, 6) is 0.897. The number of hydrogen-bond acceptors (Lipinski definition) is 2. The van der Waals surface area contributed by atoms with Crippen LogP contribution in [-0.2, 0) is 6.54 Å². The van der Waals surface area contributed by atoms with E-state index in [9.17, 15) is 0 Å². The molecular formula is C18H20N2O. The number of hydrogen-bond donors (Lipinski definition) is 2. The highest BCUT2D eigenvalue weighted by atomic mass is 16.5. The van der Waals surface area contributed by atoms with Crippen LogP contribution in [0.1, 0.15) is 19.4 Å². The second kappa shape index (κ2) is 5.92. The van der Waals surface area contributed by atoms with E-state index in [-0.39, 0.29) is 6.10 Å². The number of aromatic nitrogens is 1. The summed E-state index contributed by atoms with van der Waals surface area (Å²) in [4.78, 5) is 3.24. The van der Waals surface area contributed by atoms with Gasteiger partial charge in [-0.3, -0.25) is 0 Å². The Bertz CT molecular complexity index is 731. The summed E-state index contributed by atoms with van der Waals surface area (Å²) in [7, 11) is 0. The maximum Gasteiger partial charge on any atom is 0.142 e. The van der Waals surface area contributed by atoms with Gasteiger partial charge in [-0.15, -0.1) is 0 Å². The van der Waals surface area contributed by atoms with Crippen molar-refractivity contribution >= 4 is 16.6 Å². The first-order valence-electron chi connectivity index (χ1n) is 7.28. The number of nitrogens with one attached hydrogen (secondary N) is 2. The highest BCUT2D eigenvalue weighted by molar-refractivity contribution is 5.79. The highest BCUT2D eigenvalue weighted by Crippen LogP contribution is 2.25. The van der Waals surface area contributed by atoms with Gasteiger partial charge in [0.25, 0.3) is 0 Å². The van der Waals surface area contributed by atoms with Gasteiger partial charge < -0.3 is 15.0 Å². The van der Waals surface area contributed by atoms with Crippen molar-refractivity contribution in [1.82, 2.24) is 4.98 Å². The minimum Gasteiger partial charge on any atom is -0.489 e. The third-order valence-electron chi connectivity index (χ3n) is 3.35. The number of benzene rings is 2. The van der Waals surface area contributed by atoms with Crippen molar-refractivity contribution in [2.45, 2.75) is 26.5 Å². The molecule has 0 aliphatic carbocycles. The van der Waals surface area contributed by atoms with Gasteiger partial charge in [-0.1, -0.05) is 24.3 Å². The Morgan fingerprint density at radius 1 is 1.10 bits per heavy atom. The SMILES string of the molecule is CC(C)Oc1ccccc1NCc1ccc2cc[nH]c2c1. The van der Waals surface area contributed by atoms with Gasteiger partial charge in [-0.2, -0.15) is 0 Å². The lowest BCUT2D eigenvalue weighted by Gasteiger charge is -2.15. The standard InChI is InChI=1S/C18H20N2O/c1-13(2)21-18-6-4-3-5-16(18)20-12-14-7-8-15-9-10-19-17(15)11-14/h3-11,13,19-20H,12H2,1-2H3. The molecule has 3 rings (SSSR count). The van der Waals surface area contributed by atoms with Crippen molar-refractivity contribution in [3.05, 3.63) is 60.3 Å². The Morgan fingerprint density at radius 2 is 1.95 bits per heavy atom. The number of para-hydroxylation sites is 2. The number of anilines is 1. The first-order valence-corrected chi connectivity index (χ1v) is 7.28. The average Bonchev–Trinajstić information content (AvgIpc) is 2.93.